The van der Waals surface area contributed by atoms with E-state index in [0.717, 1.165) is 24.2 Å². The molecule has 0 aliphatic heterocycles. The minimum atomic E-state index is -0.476. The maximum absolute atomic E-state index is 12.1. The summed E-state index contributed by atoms with van der Waals surface area (Å²) in [5.74, 6) is 1.06. The number of nitrogens with zero attached hydrogens (tertiary/aromatic N) is 3. The van der Waals surface area contributed by atoms with Crippen molar-refractivity contribution in [1.29, 1.82) is 0 Å². The van der Waals surface area contributed by atoms with Gasteiger partial charge in [-0.1, -0.05) is 11.8 Å². The Bertz CT molecular complexity index is 765. The molecule has 0 spiro atoms. The lowest BCUT2D eigenvalue weighted by atomic mass is 10.2. The van der Waals surface area contributed by atoms with E-state index in [1.165, 1.54) is 11.8 Å². The van der Waals surface area contributed by atoms with E-state index in [9.17, 15) is 9.59 Å². The zero-order valence-corrected chi connectivity index (χ0v) is 14.5. The van der Waals surface area contributed by atoms with Crippen molar-refractivity contribution in [2.45, 2.75) is 43.1 Å². The number of rotatable bonds is 5. The largest absolute Gasteiger partial charge is 0.469 e. The van der Waals surface area contributed by atoms with Crippen molar-refractivity contribution in [2.24, 2.45) is 7.05 Å². The number of hydrogen-bond donors (Lipinski definition) is 2. The minimum Gasteiger partial charge on any atom is -0.469 e. The van der Waals surface area contributed by atoms with E-state index in [1.54, 1.807) is 17.8 Å². The first-order valence-corrected chi connectivity index (χ1v) is 8.55. The van der Waals surface area contributed by atoms with Gasteiger partial charge in [-0.05, 0) is 32.8 Å². The Labute approximate surface area is 143 Å². The number of amides is 3. The van der Waals surface area contributed by atoms with Crippen molar-refractivity contribution >= 4 is 23.7 Å². The van der Waals surface area contributed by atoms with Gasteiger partial charge in [0.1, 0.15) is 5.76 Å². The Kier molecular flexibility index (Phi) is 4.61. The van der Waals surface area contributed by atoms with Gasteiger partial charge in [-0.3, -0.25) is 10.1 Å². The smallest absolute Gasteiger partial charge is 0.321 e. The Morgan fingerprint density at radius 3 is 2.79 bits per heavy atom. The number of carbonyl (C=O) groups excluding carboxylic acids is 2. The van der Waals surface area contributed by atoms with Gasteiger partial charge < -0.3 is 14.3 Å². The highest BCUT2D eigenvalue weighted by Crippen LogP contribution is 2.27. The summed E-state index contributed by atoms with van der Waals surface area (Å²) in [6.45, 7) is 3.58. The van der Waals surface area contributed by atoms with Crippen LogP contribution >= 0.6 is 11.8 Å². The van der Waals surface area contributed by atoms with E-state index in [-0.39, 0.29) is 11.9 Å². The van der Waals surface area contributed by atoms with Crippen LogP contribution in [0.4, 0.5) is 4.79 Å². The quantitative estimate of drug-likeness (QED) is 0.799. The maximum atomic E-state index is 12.1. The summed E-state index contributed by atoms with van der Waals surface area (Å²) in [6.07, 6.45) is 3.54. The van der Waals surface area contributed by atoms with Gasteiger partial charge in [0.25, 0.3) is 0 Å². The lowest BCUT2D eigenvalue weighted by Crippen LogP contribution is -2.43. The summed E-state index contributed by atoms with van der Waals surface area (Å²) in [4.78, 5) is 23.7. The second-order valence-electron chi connectivity index (χ2n) is 5.75. The molecule has 3 amide bonds. The first-order chi connectivity index (χ1) is 11.5. The van der Waals surface area contributed by atoms with Crippen molar-refractivity contribution in [3.05, 3.63) is 18.1 Å². The number of hydrogen-bond acceptors (Lipinski definition) is 6. The fourth-order valence-corrected chi connectivity index (χ4v) is 2.96. The number of thioether (sulfide) groups is 1. The van der Waals surface area contributed by atoms with E-state index in [2.05, 4.69) is 20.8 Å². The van der Waals surface area contributed by atoms with E-state index in [4.69, 9.17) is 4.42 Å². The monoisotopic (exact) mass is 349 g/mol. The molecule has 2 aromatic rings. The Morgan fingerprint density at radius 2 is 2.17 bits per heavy atom. The molecule has 1 unspecified atom stereocenters. The third-order valence-corrected chi connectivity index (χ3v) is 4.87. The molecule has 3 rings (SSSR count). The zero-order chi connectivity index (χ0) is 17.3. The number of nitrogens with one attached hydrogen (secondary N) is 2. The molecular formula is C15H19N5O3S. The van der Waals surface area contributed by atoms with Crippen molar-refractivity contribution in [1.82, 2.24) is 25.4 Å². The zero-order valence-electron chi connectivity index (χ0n) is 13.7. The molecule has 1 atom stereocenters. The average Bonchev–Trinajstić information content (AvgIpc) is 3.13. The molecule has 0 radical (unpaired) electrons. The van der Waals surface area contributed by atoms with Crippen molar-refractivity contribution in [3.63, 3.8) is 0 Å². The van der Waals surface area contributed by atoms with Gasteiger partial charge in [0, 0.05) is 13.1 Å². The van der Waals surface area contributed by atoms with Crippen LogP contribution in [0.5, 0.6) is 0 Å². The van der Waals surface area contributed by atoms with Crippen LogP contribution in [0.15, 0.2) is 21.9 Å². The molecule has 1 fully saturated rings. The number of carbonyl (C=O) groups is 2. The summed E-state index contributed by atoms with van der Waals surface area (Å²) >= 11 is 1.25. The van der Waals surface area contributed by atoms with Gasteiger partial charge in [-0.25, -0.2) is 4.79 Å². The SMILES string of the molecule is Cc1occc1-c1nnc(SC(C)C(=O)NC(=O)NC2CC2)n1C. The van der Waals surface area contributed by atoms with Crippen LogP contribution in [0.25, 0.3) is 11.4 Å². The third kappa shape index (κ3) is 3.61. The van der Waals surface area contributed by atoms with E-state index in [1.807, 2.05) is 20.0 Å². The highest BCUT2D eigenvalue weighted by molar-refractivity contribution is 8.00. The molecule has 9 heteroatoms. The standard InChI is InChI=1S/C15H19N5O3S/c1-8-11(6-7-23-8)12-18-19-15(20(12)3)24-9(2)13(21)17-14(22)16-10-4-5-10/h6-7,9-10H,4-5H2,1-3H3,(H2,16,17,21,22). The molecule has 0 aromatic carbocycles. The molecule has 2 aromatic heterocycles. The second-order valence-corrected chi connectivity index (χ2v) is 7.06. The van der Waals surface area contributed by atoms with Gasteiger partial charge in [0.05, 0.1) is 17.1 Å². The van der Waals surface area contributed by atoms with Crippen LogP contribution < -0.4 is 10.6 Å². The summed E-state index contributed by atoms with van der Waals surface area (Å²) < 4.78 is 7.09. The predicted molar refractivity (Wildman–Crippen MR) is 88.5 cm³/mol. The lowest BCUT2D eigenvalue weighted by molar-refractivity contribution is -0.119. The lowest BCUT2D eigenvalue weighted by Gasteiger charge is -2.11. The first kappa shape index (κ1) is 16.6. The van der Waals surface area contributed by atoms with Crippen molar-refractivity contribution < 1.29 is 14.0 Å². The molecule has 1 aliphatic rings. The van der Waals surface area contributed by atoms with Crippen LogP contribution in [0.3, 0.4) is 0 Å². The van der Waals surface area contributed by atoms with Crippen molar-refractivity contribution in [3.8, 4) is 11.4 Å². The number of urea groups is 1. The van der Waals surface area contributed by atoms with Gasteiger partial charge in [0.2, 0.25) is 5.91 Å². The Hall–Kier alpha value is -2.29. The Morgan fingerprint density at radius 1 is 1.42 bits per heavy atom. The highest BCUT2D eigenvalue weighted by Gasteiger charge is 2.26. The molecule has 0 saturated heterocycles. The molecule has 24 heavy (non-hydrogen) atoms. The number of aromatic nitrogens is 3. The topological polar surface area (TPSA) is 102 Å². The summed E-state index contributed by atoms with van der Waals surface area (Å²) in [5.41, 5.74) is 0.859. The van der Waals surface area contributed by atoms with Gasteiger partial charge >= 0.3 is 6.03 Å². The Balaban J connectivity index is 1.63. The summed E-state index contributed by atoms with van der Waals surface area (Å²) in [5, 5.41) is 13.5. The fourth-order valence-electron chi connectivity index (χ4n) is 2.14. The van der Waals surface area contributed by atoms with E-state index >= 15 is 0 Å². The molecule has 2 N–H and O–H groups in total. The second kappa shape index (κ2) is 6.68. The maximum Gasteiger partial charge on any atom is 0.321 e. The summed E-state index contributed by atoms with van der Waals surface area (Å²) in [6, 6.07) is 1.59. The number of furan rings is 1. The molecule has 1 saturated carbocycles. The molecule has 1 aliphatic carbocycles. The average molecular weight is 349 g/mol. The summed E-state index contributed by atoms with van der Waals surface area (Å²) in [7, 11) is 1.83. The van der Waals surface area contributed by atoms with Gasteiger partial charge in [-0.2, -0.15) is 0 Å². The molecular weight excluding hydrogens is 330 g/mol. The molecule has 0 bridgehead atoms. The van der Waals surface area contributed by atoms with E-state index < -0.39 is 11.3 Å². The third-order valence-electron chi connectivity index (χ3n) is 3.74. The van der Waals surface area contributed by atoms with Crippen LogP contribution in [0, 0.1) is 6.92 Å². The molecule has 8 nitrogen and oxygen atoms in total. The highest BCUT2D eigenvalue weighted by atomic mass is 32.2. The van der Waals surface area contributed by atoms with E-state index in [0.29, 0.717) is 11.0 Å². The van der Waals surface area contributed by atoms with Gasteiger partial charge in [0.15, 0.2) is 11.0 Å². The predicted octanol–water partition coefficient (Wildman–Crippen LogP) is 1.85. The first-order valence-electron chi connectivity index (χ1n) is 7.67. The molecule has 128 valence electrons. The van der Waals surface area contributed by atoms with Gasteiger partial charge in [-0.15, -0.1) is 10.2 Å². The van der Waals surface area contributed by atoms with Crippen LogP contribution in [0.2, 0.25) is 0 Å². The van der Waals surface area contributed by atoms with Crippen molar-refractivity contribution in [2.75, 3.05) is 0 Å². The van der Waals surface area contributed by atoms with Crippen LogP contribution in [-0.2, 0) is 11.8 Å². The minimum absolute atomic E-state index is 0.209. The fraction of sp³-hybridized carbons (Fsp3) is 0.467. The van der Waals surface area contributed by atoms with Crippen LogP contribution in [-0.4, -0.2) is 38.0 Å². The number of aryl methyl sites for hydroxylation is 1. The number of imide groups is 1. The molecule has 2 heterocycles. The normalized spacial score (nSPS) is 15.1. The van der Waals surface area contributed by atoms with Crippen LogP contribution in [0.1, 0.15) is 25.5 Å².